The minimum absolute atomic E-state index is 0. The summed E-state index contributed by atoms with van der Waals surface area (Å²) in [5, 5.41) is 10.9. The van der Waals surface area contributed by atoms with Gasteiger partial charge in [-0.3, -0.25) is 4.79 Å². The molecular weight excluding hydrogens is 455 g/mol. The smallest absolute Gasteiger partial charge is 0.262 e. The van der Waals surface area contributed by atoms with E-state index < -0.39 is 0 Å². The molecule has 5 heteroatoms. The summed E-state index contributed by atoms with van der Waals surface area (Å²) >= 11 is 1.50. The van der Waals surface area contributed by atoms with Crippen LogP contribution in [0.5, 0.6) is 5.75 Å². The minimum Gasteiger partial charge on any atom is -0.506 e. The zero-order chi connectivity index (χ0) is 19.6. The number of hydrogen-bond donors (Lipinski definition) is 1. The third kappa shape index (κ3) is 4.71. The molecule has 149 valence electrons. The molecule has 29 heavy (non-hydrogen) atoms. The molecule has 0 unspecified atom stereocenters. The minimum atomic E-state index is -0.184. The number of rotatable bonds is 2. The molecule has 1 radical (unpaired) electrons. The number of nitrogens with zero attached hydrogens (tertiary/aromatic N) is 1. The number of thiophene rings is 1. The van der Waals surface area contributed by atoms with Crippen LogP contribution >= 0.6 is 11.3 Å². The summed E-state index contributed by atoms with van der Waals surface area (Å²) in [5.41, 5.74) is 3.76. The molecule has 2 heterocycles. The average Bonchev–Trinajstić information content (AvgIpc) is 3.16. The van der Waals surface area contributed by atoms with Crippen molar-refractivity contribution in [3.8, 4) is 27.3 Å². The molecule has 2 aromatic heterocycles. The maximum Gasteiger partial charge on any atom is 0.262 e. The van der Waals surface area contributed by atoms with E-state index in [0.717, 1.165) is 31.8 Å². The number of fused-ring (bicyclic) bond motifs is 1. The fourth-order valence-electron chi connectivity index (χ4n) is 3.13. The number of hydrogen-bond acceptors (Lipinski definition) is 3. The molecule has 0 saturated carbocycles. The SMILES string of the molecule is CC.Cc1ccccc1-c1c(O)c2sc(-c3ccccc3)cc2n(C)c1=O.[CH3-].[Y]. The number of aromatic hydroxyl groups is 1. The van der Waals surface area contributed by atoms with E-state index in [0.29, 0.717) is 5.56 Å². The van der Waals surface area contributed by atoms with E-state index >= 15 is 0 Å². The number of benzene rings is 2. The molecule has 0 atom stereocenters. The summed E-state index contributed by atoms with van der Waals surface area (Å²) in [4.78, 5) is 13.9. The van der Waals surface area contributed by atoms with Gasteiger partial charge < -0.3 is 17.1 Å². The van der Waals surface area contributed by atoms with Crippen molar-refractivity contribution >= 4 is 21.6 Å². The van der Waals surface area contributed by atoms with Gasteiger partial charge in [-0.05, 0) is 29.7 Å². The number of aryl methyl sites for hydroxylation is 2. The summed E-state index contributed by atoms with van der Waals surface area (Å²) in [7, 11) is 1.76. The van der Waals surface area contributed by atoms with Crippen molar-refractivity contribution < 1.29 is 37.8 Å². The third-order valence-electron chi connectivity index (χ3n) is 4.52. The molecule has 0 fully saturated rings. The molecule has 0 bridgehead atoms. The van der Waals surface area contributed by atoms with Crippen LogP contribution in [-0.4, -0.2) is 9.67 Å². The Kier molecular flexibility index (Phi) is 9.48. The molecule has 0 aliphatic rings. The van der Waals surface area contributed by atoms with Crippen LogP contribution in [0.2, 0.25) is 0 Å². The molecule has 4 aromatic rings. The Hall–Kier alpha value is -1.75. The van der Waals surface area contributed by atoms with Gasteiger partial charge in [0.25, 0.3) is 5.56 Å². The van der Waals surface area contributed by atoms with Gasteiger partial charge in [-0.2, -0.15) is 0 Å². The fourth-order valence-corrected chi connectivity index (χ4v) is 4.28. The zero-order valence-corrected chi connectivity index (χ0v) is 21.2. The summed E-state index contributed by atoms with van der Waals surface area (Å²) in [6, 6.07) is 19.6. The summed E-state index contributed by atoms with van der Waals surface area (Å²) in [5.74, 6) is 0.0691. The summed E-state index contributed by atoms with van der Waals surface area (Å²) in [6.07, 6.45) is 0. The van der Waals surface area contributed by atoms with Gasteiger partial charge in [0.2, 0.25) is 0 Å². The van der Waals surface area contributed by atoms with Gasteiger partial charge in [-0.1, -0.05) is 68.4 Å². The van der Waals surface area contributed by atoms with E-state index in [9.17, 15) is 9.90 Å². The van der Waals surface area contributed by atoms with Crippen molar-refractivity contribution in [3.05, 3.63) is 84.0 Å². The van der Waals surface area contributed by atoms with E-state index in [1.807, 2.05) is 81.4 Å². The topological polar surface area (TPSA) is 42.2 Å². The molecular formula is C24H26NO2SY-. The standard InChI is InChI=1S/C21H17NO2S.C2H6.CH3.Y/c1-13-8-6-7-11-15(13)18-19(23)20-16(22(2)21(18)24)12-17(25-20)14-9-4-3-5-10-14;1-2;;/h3-12,23H,1-2H3;1-2H3;1H3;/q;;-1;. The molecule has 0 saturated heterocycles. The van der Waals surface area contributed by atoms with Crippen LogP contribution in [0, 0.1) is 14.4 Å². The van der Waals surface area contributed by atoms with Crippen LogP contribution < -0.4 is 5.56 Å². The van der Waals surface area contributed by atoms with Crippen molar-refractivity contribution in [2.24, 2.45) is 7.05 Å². The molecule has 0 amide bonds. The monoisotopic (exact) mass is 481 g/mol. The maximum atomic E-state index is 12.9. The third-order valence-corrected chi connectivity index (χ3v) is 5.70. The van der Waals surface area contributed by atoms with Crippen LogP contribution in [0.15, 0.2) is 65.5 Å². The summed E-state index contributed by atoms with van der Waals surface area (Å²) < 4.78 is 2.36. The van der Waals surface area contributed by atoms with E-state index in [1.54, 1.807) is 11.6 Å². The molecule has 0 aliphatic heterocycles. The quantitative estimate of drug-likeness (QED) is 0.336. The Bertz CT molecular complexity index is 1150. The largest absolute Gasteiger partial charge is 0.506 e. The first-order chi connectivity index (χ1) is 13.1. The Morgan fingerprint density at radius 3 is 2.17 bits per heavy atom. The van der Waals surface area contributed by atoms with Crippen molar-refractivity contribution in [1.29, 1.82) is 0 Å². The first kappa shape index (κ1) is 25.3. The van der Waals surface area contributed by atoms with Gasteiger partial charge in [0.15, 0.2) is 0 Å². The van der Waals surface area contributed by atoms with Gasteiger partial charge in [-0.25, -0.2) is 0 Å². The zero-order valence-electron chi connectivity index (χ0n) is 17.6. The maximum absolute atomic E-state index is 12.9. The van der Waals surface area contributed by atoms with E-state index in [1.165, 1.54) is 11.3 Å². The normalized spacial score (nSPS) is 9.79. The first-order valence-electron chi connectivity index (χ1n) is 9.05. The number of pyridine rings is 1. The second kappa shape index (κ2) is 10.9. The Morgan fingerprint density at radius 2 is 1.55 bits per heavy atom. The van der Waals surface area contributed by atoms with Crippen LogP contribution in [0.4, 0.5) is 0 Å². The van der Waals surface area contributed by atoms with Crippen LogP contribution in [-0.2, 0) is 39.8 Å². The molecule has 3 nitrogen and oxygen atoms in total. The predicted octanol–water partition coefficient (Wildman–Crippen LogP) is 6.42. The van der Waals surface area contributed by atoms with Crippen LogP contribution in [0.25, 0.3) is 31.8 Å². The van der Waals surface area contributed by atoms with Crippen molar-refractivity contribution in [2.45, 2.75) is 20.8 Å². The molecule has 4 rings (SSSR count). The van der Waals surface area contributed by atoms with Gasteiger partial charge in [0, 0.05) is 44.6 Å². The van der Waals surface area contributed by atoms with Crippen LogP contribution in [0.1, 0.15) is 19.4 Å². The second-order valence-electron chi connectivity index (χ2n) is 6.09. The second-order valence-corrected chi connectivity index (χ2v) is 7.15. The number of aromatic nitrogens is 1. The van der Waals surface area contributed by atoms with Crippen molar-refractivity contribution in [2.75, 3.05) is 0 Å². The molecule has 0 spiro atoms. The van der Waals surface area contributed by atoms with Gasteiger partial charge in [0.1, 0.15) is 5.75 Å². The Labute approximate surface area is 201 Å². The van der Waals surface area contributed by atoms with E-state index in [-0.39, 0.29) is 51.4 Å². The average molecular weight is 481 g/mol. The first-order valence-corrected chi connectivity index (χ1v) is 9.86. The van der Waals surface area contributed by atoms with Crippen molar-refractivity contribution in [1.82, 2.24) is 4.57 Å². The van der Waals surface area contributed by atoms with E-state index in [2.05, 4.69) is 0 Å². The molecule has 2 aromatic carbocycles. The van der Waals surface area contributed by atoms with Gasteiger partial charge in [0.05, 0.1) is 15.8 Å². The van der Waals surface area contributed by atoms with Crippen molar-refractivity contribution in [3.63, 3.8) is 0 Å². The molecule has 1 N–H and O–H groups in total. The summed E-state index contributed by atoms with van der Waals surface area (Å²) in [6.45, 7) is 5.95. The van der Waals surface area contributed by atoms with Crippen LogP contribution in [0.3, 0.4) is 0 Å². The van der Waals surface area contributed by atoms with Gasteiger partial charge >= 0.3 is 0 Å². The van der Waals surface area contributed by atoms with E-state index in [4.69, 9.17) is 0 Å². The van der Waals surface area contributed by atoms with Gasteiger partial charge in [-0.15, -0.1) is 11.3 Å². The Balaban J connectivity index is 0.00000102. The predicted molar refractivity (Wildman–Crippen MR) is 122 cm³/mol. The fraction of sp³-hybridized carbons (Fsp3) is 0.167. The molecule has 0 aliphatic carbocycles. The Morgan fingerprint density at radius 1 is 0.966 bits per heavy atom.